The smallest absolute Gasteiger partial charge is 0.251 e. The molecule has 5 heteroatoms. The van der Waals surface area contributed by atoms with Gasteiger partial charge in [0.05, 0.1) is 19.8 Å². The maximum Gasteiger partial charge on any atom is 0.251 e. The Kier molecular flexibility index (Phi) is 5.36. The first-order valence-electron chi connectivity index (χ1n) is 6.11. The first kappa shape index (κ1) is 14.4. The van der Waals surface area contributed by atoms with Crippen molar-refractivity contribution < 1.29 is 14.3 Å². The molecular formula is C12H24N2O3. The van der Waals surface area contributed by atoms with E-state index in [0.717, 1.165) is 6.42 Å². The third kappa shape index (κ3) is 6.00. The first-order chi connectivity index (χ1) is 7.88. The molecule has 0 saturated carbocycles. The van der Waals surface area contributed by atoms with Crippen LogP contribution in [0.25, 0.3) is 0 Å². The Hall–Kier alpha value is -0.650. The Bertz CT molecular complexity index is 245. The second kappa shape index (κ2) is 6.33. The molecule has 100 valence electrons. The average molecular weight is 244 g/mol. The zero-order chi connectivity index (χ0) is 12.9. The van der Waals surface area contributed by atoms with Crippen molar-refractivity contribution in [3.05, 3.63) is 0 Å². The van der Waals surface area contributed by atoms with Crippen LogP contribution in [0.1, 0.15) is 27.2 Å². The summed E-state index contributed by atoms with van der Waals surface area (Å²) >= 11 is 0. The zero-order valence-electron chi connectivity index (χ0n) is 11.0. The number of carbonyl (C=O) groups excluding carboxylic acids is 1. The van der Waals surface area contributed by atoms with Gasteiger partial charge in [0, 0.05) is 12.6 Å². The number of hydrogen-bond acceptors (Lipinski definition) is 4. The molecule has 0 radical (unpaired) electrons. The van der Waals surface area contributed by atoms with E-state index < -0.39 is 6.10 Å². The van der Waals surface area contributed by atoms with Crippen LogP contribution in [0.3, 0.4) is 0 Å². The number of ether oxygens (including phenoxy) is 2. The molecule has 17 heavy (non-hydrogen) atoms. The number of hydrogen-bond donors (Lipinski definition) is 2. The quantitative estimate of drug-likeness (QED) is 0.745. The van der Waals surface area contributed by atoms with E-state index in [2.05, 4.69) is 26.1 Å². The van der Waals surface area contributed by atoms with Gasteiger partial charge in [0.25, 0.3) is 5.91 Å². The van der Waals surface area contributed by atoms with Gasteiger partial charge in [-0.3, -0.25) is 4.79 Å². The highest BCUT2D eigenvalue weighted by molar-refractivity contribution is 5.81. The molecule has 0 aromatic carbocycles. The molecular weight excluding hydrogens is 220 g/mol. The molecule has 1 fully saturated rings. The monoisotopic (exact) mass is 244 g/mol. The highest BCUT2D eigenvalue weighted by Gasteiger charge is 2.23. The molecule has 5 nitrogen and oxygen atoms in total. The second-order valence-corrected chi connectivity index (χ2v) is 5.70. The lowest BCUT2D eigenvalue weighted by molar-refractivity contribution is -0.147. The Morgan fingerprint density at radius 1 is 1.47 bits per heavy atom. The van der Waals surface area contributed by atoms with Crippen LogP contribution in [0.4, 0.5) is 0 Å². The van der Waals surface area contributed by atoms with Crippen LogP contribution in [-0.4, -0.2) is 44.4 Å². The molecule has 0 aliphatic carbocycles. The van der Waals surface area contributed by atoms with E-state index in [1.165, 1.54) is 0 Å². The van der Waals surface area contributed by atoms with E-state index in [0.29, 0.717) is 26.4 Å². The Balaban J connectivity index is 2.22. The molecule has 1 aliphatic rings. The van der Waals surface area contributed by atoms with Gasteiger partial charge in [-0.05, 0) is 11.8 Å². The molecule has 0 aromatic heterocycles. The highest BCUT2D eigenvalue weighted by atomic mass is 16.6. The summed E-state index contributed by atoms with van der Waals surface area (Å²) in [5, 5.41) is 2.81. The molecule has 0 bridgehead atoms. The van der Waals surface area contributed by atoms with Crippen LogP contribution in [0.5, 0.6) is 0 Å². The van der Waals surface area contributed by atoms with E-state index >= 15 is 0 Å². The van der Waals surface area contributed by atoms with Crippen molar-refractivity contribution in [3.63, 3.8) is 0 Å². The molecule has 3 N–H and O–H groups in total. The summed E-state index contributed by atoms with van der Waals surface area (Å²) in [5.41, 5.74) is 6.13. The number of amides is 1. The van der Waals surface area contributed by atoms with Crippen LogP contribution in [0, 0.1) is 5.41 Å². The van der Waals surface area contributed by atoms with Crippen molar-refractivity contribution >= 4 is 5.91 Å². The van der Waals surface area contributed by atoms with Crippen molar-refractivity contribution in [2.45, 2.75) is 39.3 Å². The lowest BCUT2D eigenvalue weighted by atomic mass is 9.88. The maximum atomic E-state index is 11.7. The minimum atomic E-state index is -0.481. The summed E-state index contributed by atoms with van der Waals surface area (Å²) < 4.78 is 10.5. The summed E-state index contributed by atoms with van der Waals surface area (Å²) in [4.78, 5) is 11.7. The minimum absolute atomic E-state index is 0.0246. The second-order valence-electron chi connectivity index (χ2n) is 5.70. The molecule has 1 amide bonds. The SMILES string of the molecule is CC(C)(C)CC(N)CNC(=O)C1COCCO1. The molecule has 0 aromatic rings. The van der Waals surface area contributed by atoms with E-state index in [-0.39, 0.29) is 17.4 Å². The number of carbonyl (C=O) groups is 1. The summed E-state index contributed by atoms with van der Waals surface area (Å²) in [6.07, 6.45) is 0.389. The van der Waals surface area contributed by atoms with Gasteiger partial charge in [0.1, 0.15) is 0 Å². The Morgan fingerprint density at radius 3 is 2.71 bits per heavy atom. The van der Waals surface area contributed by atoms with Gasteiger partial charge in [-0.2, -0.15) is 0 Å². The predicted molar refractivity (Wildman–Crippen MR) is 65.6 cm³/mol. The van der Waals surface area contributed by atoms with Crippen LogP contribution < -0.4 is 11.1 Å². The maximum absolute atomic E-state index is 11.7. The van der Waals surface area contributed by atoms with Crippen LogP contribution >= 0.6 is 0 Å². The third-order valence-electron chi connectivity index (χ3n) is 2.52. The van der Waals surface area contributed by atoms with E-state index in [1.54, 1.807) is 0 Å². The lowest BCUT2D eigenvalue weighted by Gasteiger charge is -2.25. The predicted octanol–water partition coefficient (Wildman–Crippen LogP) is 0.282. The summed E-state index contributed by atoms with van der Waals surface area (Å²) in [6, 6.07) is -0.0246. The van der Waals surface area contributed by atoms with E-state index in [1.807, 2.05) is 0 Å². The Labute approximate surface area is 103 Å². The van der Waals surface area contributed by atoms with Crippen molar-refractivity contribution in [2.24, 2.45) is 11.1 Å². The number of nitrogens with one attached hydrogen (secondary N) is 1. The fraction of sp³-hybridized carbons (Fsp3) is 0.917. The molecule has 1 rings (SSSR count). The fourth-order valence-electron chi connectivity index (χ4n) is 1.84. The summed E-state index contributed by atoms with van der Waals surface area (Å²) in [6.45, 7) is 8.25. The van der Waals surface area contributed by atoms with Gasteiger partial charge in [-0.15, -0.1) is 0 Å². The molecule has 1 aliphatic heterocycles. The number of rotatable bonds is 4. The van der Waals surface area contributed by atoms with Crippen LogP contribution in [0.15, 0.2) is 0 Å². The normalized spacial score (nSPS) is 23.2. The van der Waals surface area contributed by atoms with Gasteiger partial charge < -0.3 is 20.5 Å². The molecule has 1 heterocycles. The van der Waals surface area contributed by atoms with Crippen LogP contribution in [0.2, 0.25) is 0 Å². The molecule has 1 saturated heterocycles. The standard InChI is InChI=1S/C12H24N2O3/c1-12(2,3)6-9(13)7-14-11(15)10-8-16-4-5-17-10/h9-10H,4-8,13H2,1-3H3,(H,14,15). The molecule has 2 unspecified atom stereocenters. The third-order valence-corrected chi connectivity index (χ3v) is 2.52. The van der Waals surface area contributed by atoms with Gasteiger partial charge in [0.2, 0.25) is 0 Å². The average Bonchev–Trinajstić information content (AvgIpc) is 2.25. The van der Waals surface area contributed by atoms with Crippen molar-refractivity contribution in [3.8, 4) is 0 Å². The summed E-state index contributed by atoms with van der Waals surface area (Å²) in [5.74, 6) is -0.131. The lowest BCUT2D eigenvalue weighted by Crippen LogP contribution is -2.47. The van der Waals surface area contributed by atoms with Crippen molar-refractivity contribution in [2.75, 3.05) is 26.4 Å². The van der Waals surface area contributed by atoms with E-state index in [9.17, 15) is 4.79 Å². The largest absolute Gasteiger partial charge is 0.376 e. The first-order valence-corrected chi connectivity index (χ1v) is 6.11. The minimum Gasteiger partial charge on any atom is -0.376 e. The van der Waals surface area contributed by atoms with Gasteiger partial charge >= 0.3 is 0 Å². The molecule has 0 spiro atoms. The molecule has 2 atom stereocenters. The van der Waals surface area contributed by atoms with Crippen molar-refractivity contribution in [1.29, 1.82) is 0 Å². The van der Waals surface area contributed by atoms with Gasteiger partial charge in [0.15, 0.2) is 6.10 Å². The van der Waals surface area contributed by atoms with Gasteiger partial charge in [-0.25, -0.2) is 0 Å². The van der Waals surface area contributed by atoms with Crippen molar-refractivity contribution in [1.82, 2.24) is 5.32 Å². The topological polar surface area (TPSA) is 73.6 Å². The fourth-order valence-corrected chi connectivity index (χ4v) is 1.84. The Morgan fingerprint density at radius 2 is 2.18 bits per heavy atom. The van der Waals surface area contributed by atoms with Gasteiger partial charge in [-0.1, -0.05) is 20.8 Å². The van der Waals surface area contributed by atoms with E-state index in [4.69, 9.17) is 15.2 Å². The zero-order valence-corrected chi connectivity index (χ0v) is 11.0. The number of nitrogens with two attached hydrogens (primary N) is 1. The van der Waals surface area contributed by atoms with Crippen LogP contribution in [-0.2, 0) is 14.3 Å². The summed E-state index contributed by atoms with van der Waals surface area (Å²) in [7, 11) is 0. The highest BCUT2D eigenvalue weighted by Crippen LogP contribution is 2.19.